The van der Waals surface area contributed by atoms with Crippen molar-refractivity contribution in [2.24, 2.45) is 11.8 Å². The van der Waals surface area contributed by atoms with Crippen LogP contribution in [0.3, 0.4) is 0 Å². The van der Waals surface area contributed by atoms with E-state index < -0.39 is 5.97 Å². The van der Waals surface area contributed by atoms with Crippen LogP contribution in [0, 0.1) is 11.8 Å². The molecule has 2 rings (SSSR count). The number of hydrogen-bond acceptors (Lipinski definition) is 3. The van der Waals surface area contributed by atoms with E-state index in [1.54, 1.807) is 6.07 Å². The fraction of sp³-hybridized carbons (Fsp3) is 0.533. The quantitative estimate of drug-likeness (QED) is 0.888. The lowest BCUT2D eigenvalue weighted by molar-refractivity contribution is 0.0690. The number of carboxylic acids is 1. The number of pyridine rings is 1. The average Bonchev–Trinajstić information content (AvgIpc) is 2.95. The third-order valence-electron chi connectivity index (χ3n) is 3.94. The molecule has 2 heterocycles. The van der Waals surface area contributed by atoms with Gasteiger partial charge >= 0.3 is 12.0 Å². The number of carbonyl (C=O) groups is 2. The number of carbonyl (C=O) groups excluding carboxylic acids is 1. The summed E-state index contributed by atoms with van der Waals surface area (Å²) in [6.45, 7) is 6.32. The second-order valence-corrected chi connectivity index (χ2v) is 5.75. The molecule has 0 radical (unpaired) electrons. The molecule has 6 nitrogen and oxygen atoms in total. The average molecular weight is 291 g/mol. The Kier molecular flexibility index (Phi) is 4.77. The number of nitrogens with one attached hydrogen (secondary N) is 1. The minimum atomic E-state index is -1.05. The largest absolute Gasteiger partial charge is 0.477 e. The summed E-state index contributed by atoms with van der Waals surface area (Å²) in [6, 6.07) is 3.03. The van der Waals surface area contributed by atoms with Gasteiger partial charge in [0.2, 0.25) is 0 Å². The zero-order valence-corrected chi connectivity index (χ0v) is 12.4. The summed E-state index contributed by atoms with van der Waals surface area (Å²) < 4.78 is 0. The van der Waals surface area contributed by atoms with Crippen LogP contribution in [0.5, 0.6) is 0 Å². The van der Waals surface area contributed by atoms with Crippen LogP contribution in [-0.2, 0) is 6.54 Å². The van der Waals surface area contributed by atoms with E-state index >= 15 is 0 Å². The zero-order valence-electron chi connectivity index (χ0n) is 12.4. The van der Waals surface area contributed by atoms with Gasteiger partial charge in [-0.15, -0.1) is 0 Å². The standard InChI is InChI=1S/C15H21N3O3/c1-10(2)12-5-6-18(9-12)15(21)17-8-11-3-4-13(14(19)20)16-7-11/h3-4,7,10,12H,5-6,8-9H2,1-2H3,(H,17,21)(H,19,20). The van der Waals surface area contributed by atoms with Crippen LogP contribution < -0.4 is 5.32 Å². The van der Waals surface area contributed by atoms with Gasteiger partial charge in [-0.25, -0.2) is 14.6 Å². The van der Waals surface area contributed by atoms with Crippen LogP contribution >= 0.6 is 0 Å². The van der Waals surface area contributed by atoms with Gasteiger partial charge in [0.05, 0.1) is 0 Å². The van der Waals surface area contributed by atoms with Crippen LogP contribution in [0.1, 0.15) is 36.3 Å². The van der Waals surface area contributed by atoms with Gasteiger partial charge in [0.15, 0.2) is 0 Å². The van der Waals surface area contributed by atoms with Gasteiger partial charge in [-0.3, -0.25) is 0 Å². The van der Waals surface area contributed by atoms with Gasteiger partial charge in [0.25, 0.3) is 0 Å². The number of likely N-dealkylation sites (tertiary alicyclic amines) is 1. The number of aromatic carboxylic acids is 1. The number of aromatic nitrogens is 1. The lowest BCUT2D eigenvalue weighted by atomic mass is 9.95. The first kappa shape index (κ1) is 15.3. The summed E-state index contributed by atoms with van der Waals surface area (Å²) in [5.74, 6) is 0.116. The van der Waals surface area contributed by atoms with E-state index in [1.807, 2.05) is 4.90 Å². The minimum Gasteiger partial charge on any atom is -0.477 e. The maximum absolute atomic E-state index is 12.1. The number of rotatable bonds is 4. The van der Waals surface area contributed by atoms with Gasteiger partial charge < -0.3 is 15.3 Å². The third-order valence-corrected chi connectivity index (χ3v) is 3.94. The number of urea groups is 1. The van der Waals surface area contributed by atoms with Gasteiger partial charge in [-0.2, -0.15) is 0 Å². The molecule has 1 atom stereocenters. The maximum atomic E-state index is 12.1. The van der Waals surface area contributed by atoms with Crippen LogP contribution in [0.25, 0.3) is 0 Å². The number of carboxylic acid groups (broad SMARTS) is 1. The second-order valence-electron chi connectivity index (χ2n) is 5.75. The smallest absolute Gasteiger partial charge is 0.354 e. The van der Waals surface area contributed by atoms with E-state index in [2.05, 4.69) is 24.1 Å². The third kappa shape index (κ3) is 3.93. The molecule has 0 bridgehead atoms. The Balaban J connectivity index is 1.83. The second kappa shape index (κ2) is 6.56. The van der Waals surface area contributed by atoms with Crippen LogP contribution in [-0.4, -0.2) is 40.1 Å². The lowest BCUT2D eigenvalue weighted by Crippen LogP contribution is -2.38. The molecule has 1 aromatic heterocycles. The van der Waals surface area contributed by atoms with Crippen LogP contribution in [0.4, 0.5) is 4.79 Å². The van der Waals surface area contributed by atoms with Crippen LogP contribution in [0.2, 0.25) is 0 Å². The topological polar surface area (TPSA) is 82.5 Å². The molecule has 0 aliphatic carbocycles. The Morgan fingerprint density at radius 1 is 1.48 bits per heavy atom. The SMILES string of the molecule is CC(C)C1CCN(C(=O)NCc2ccc(C(=O)O)nc2)C1. The molecule has 1 aromatic rings. The van der Waals surface area contributed by atoms with Crippen molar-refractivity contribution < 1.29 is 14.7 Å². The van der Waals surface area contributed by atoms with Crippen molar-refractivity contribution in [1.29, 1.82) is 0 Å². The summed E-state index contributed by atoms with van der Waals surface area (Å²) in [5.41, 5.74) is 0.789. The summed E-state index contributed by atoms with van der Waals surface area (Å²) in [5, 5.41) is 11.6. The van der Waals surface area contributed by atoms with E-state index in [0.29, 0.717) is 18.4 Å². The summed E-state index contributed by atoms with van der Waals surface area (Å²) in [7, 11) is 0. The molecule has 1 aliphatic rings. The molecule has 0 spiro atoms. The fourth-order valence-corrected chi connectivity index (χ4v) is 2.46. The van der Waals surface area contributed by atoms with Crippen molar-refractivity contribution in [2.75, 3.05) is 13.1 Å². The molecule has 2 N–H and O–H groups in total. The molecular weight excluding hydrogens is 270 g/mol. The minimum absolute atomic E-state index is 0.00407. The first-order valence-corrected chi connectivity index (χ1v) is 7.18. The van der Waals surface area contributed by atoms with Gasteiger partial charge in [-0.1, -0.05) is 19.9 Å². The fourth-order valence-electron chi connectivity index (χ4n) is 2.46. The van der Waals surface area contributed by atoms with Gasteiger partial charge in [0.1, 0.15) is 5.69 Å². The molecule has 6 heteroatoms. The monoisotopic (exact) mass is 291 g/mol. The normalized spacial score (nSPS) is 18.0. The van der Waals surface area contributed by atoms with Crippen molar-refractivity contribution in [3.63, 3.8) is 0 Å². The predicted octanol–water partition coefficient (Wildman–Crippen LogP) is 1.97. The van der Waals surface area contributed by atoms with Crippen molar-refractivity contribution in [1.82, 2.24) is 15.2 Å². The Bertz CT molecular complexity index is 513. The number of nitrogens with zero attached hydrogens (tertiary/aromatic N) is 2. The zero-order chi connectivity index (χ0) is 15.4. The molecule has 1 saturated heterocycles. The van der Waals surface area contributed by atoms with E-state index in [4.69, 9.17) is 5.11 Å². The Hall–Kier alpha value is -2.11. The molecule has 2 amide bonds. The van der Waals surface area contributed by atoms with Crippen molar-refractivity contribution in [3.05, 3.63) is 29.6 Å². The van der Waals surface area contributed by atoms with Gasteiger partial charge in [-0.05, 0) is 29.9 Å². The van der Waals surface area contributed by atoms with Crippen molar-refractivity contribution in [3.8, 4) is 0 Å². The Morgan fingerprint density at radius 3 is 2.76 bits per heavy atom. The Morgan fingerprint density at radius 2 is 2.24 bits per heavy atom. The first-order valence-electron chi connectivity index (χ1n) is 7.18. The molecule has 0 saturated carbocycles. The summed E-state index contributed by atoms with van der Waals surface area (Å²) >= 11 is 0. The predicted molar refractivity (Wildman–Crippen MR) is 78.0 cm³/mol. The highest BCUT2D eigenvalue weighted by molar-refractivity contribution is 5.85. The molecule has 114 valence electrons. The highest BCUT2D eigenvalue weighted by atomic mass is 16.4. The molecular formula is C15H21N3O3. The lowest BCUT2D eigenvalue weighted by Gasteiger charge is -2.18. The van der Waals surface area contributed by atoms with E-state index in [-0.39, 0.29) is 11.7 Å². The van der Waals surface area contributed by atoms with Gasteiger partial charge in [0, 0.05) is 25.8 Å². The van der Waals surface area contributed by atoms with Crippen molar-refractivity contribution in [2.45, 2.75) is 26.8 Å². The Labute approximate surface area is 124 Å². The summed E-state index contributed by atoms with van der Waals surface area (Å²) in [6.07, 6.45) is 2.53. The van der Waals surface area contributed by atoms with Crippen LogP contribution in [0.15, 0.2) is 18.3 Å². The number of amides is 2. The first-order chi connectivity index (χ1) is 9.97. The van der Waals surface area contributed by atoms with E-state index in [9.17, 15) is 9.59 Å². The van der Waals surface area contributed by atoms with Crippen molar-refractivity contribution >= 4 is 12.0 Å². The number of hydrogen-bond donors (Lipinski definition) is 2. The molecule has 21 heavy (non-hydrogen) atoms. The van der Waals surface area contributed by atoms with E-state index in [1.165, 1.54) is 12.3 Å². The molecule has 1 unspecified atom stereocenters. The maximum Gasteiger partial charge on any atom is 0.354 e. The molecule has 1 fully saturated rings. The highest BCUT2D eigenvalue weighted by Gasteiger charge is 2.27. The molecule has 0 aromatic carbocycles. The molecule has 1 aliphatic heterocycles. The highest BCUT2D eigenvalue weighted by Crippen LogP contribution is 2.23. The summed E-state index contributed by atoms with van der Waals surface area (Å²) in [4.78, 5) is 28.4. The van der Waals surface area contributed by atoms with E-state index in [0.717, 1.165) is 25.1 Å².